The molecule has 0 atom stereocenters. The molecule has 0 N–H and O–H groups in total. The van der Waals surface area contributed by atoms with Gasteiger partial charge in [-0.25, -0.2) is 4.98 Å². The summed E-state index contributed by atoms with van der Waals surface area (Å²) < 4.78 is 16.1. The Morgan fingerprint density at radius 3 is 2.26 bits per heavy atom. The van der Waals surface area contributed by atoms with Crippen LogP contribution in [0.3, 0.4) is 0 Å². The summed E-state index contributed by atoms with van der Waals surface area (Å²) in [5.41, 5.74) is 0.664. The number of methoxy groups -OCH3 is 2. The Balaban J connectivity index is 2.16. The summed E-state index contributed by atoms with van der Waals surface area (Å²) in [6, 6.07) is 5.42. The van der Waals surface area contributed by atoms with Crippen LogP contribution in [0.1, 0.15) is 5.69 Å². The molecule has 2 rings (SSSR count). The molecule has 0 aliphatic heterocycles. The van der Waals surface area contributed by atoms with Crippen molar-refractivity contribution in [1.29, 1.82) is 0 Å². The van der Waals surface area contributed by atoms with Crippen LogP contribution in [0.4, 0.5) is 0 Å². The van der Waals surface area contributed by atoms with Crippen molar-refractivity contribution < 1.29 is 14.2 Å². The highest BCUT2D eigenvalue weighted by Gasteiger charge is 2.11. The average Bonchev–Trinajstić information content (AvgIpc) is 2.46. The molecule has 100 valence electrons. The first kappa shape index (κ1) is 13.4. The highest BCUT2D eigenvalue weighted by molar-refractivity contribution is 6.29. The van der Waals surface area contributed by atoms with E-state index in [1.807, 2.05) is 6.07 Å². The summed E-state index contributed by atoms with van der Waals surface area (Å²) in [6.45, 7) is 0.251. The quantitative estimate of drug-likeness (QED) is 0.843. The van der Waals surface area contributed by atoms with E-state index < -0.39 is 0 Å². The highest BCUT2D eigenvalue weighted by Crippen LogP contribution is 2.37. The maximum atomic E-state index is 5.68. The molecule has 0 aliphatic carbocycles. The third kappa shape index (κ3) is 3.26. The Morgan fingerprint density at radius 1 is 1.05 bits per heavy atom. The van der Waals surface area contributed by atoms with E-state index in [-0.39, 0.29) is 6.61 Å². The second kappa shape index (κ2) is 6.24. The first-order chi connectivity index (χ1) is 9.24. The topological polar surface area (TPSA) is 53.5 Å². The Labute approximate surface area is 116 Å². The van der Waals surface area contributed by atoms with E-state index in [2.05, 4.69) is 9.97 Å². The number of halogens is 1. The summed E-state index contributed by atoms with van der Waals surface area (Å²) in [4.78, 5) is 8.04. The van der Waals surface area contributed by atoms with E-state index in [1.165, 1.54) is 6.20 Å². The number of aromatic nitrogens is 2. The molecular formula is C13H13ClN2O3. The number of nitrogens with zero attached hydrogens (tertiary/aromatic N) is 2. The molecule has 1 heterocycles. The van der Waals surface area contributed by atoms with Gasteiger partial charge in [0.15, 0.2) is 11.5 Å². The van der Waals surface area contributed by atoms with E-state index in [4.69, 9.17) is 25.8 Å². The summed E-state index contributed by atoms with van der Waals surface area (Å²) in [5.74, 6) is 1.73. The molecule has 0 radical (unpaired) electrons. The van der Waals surface area contributed by atoms with Gasteiger partial charge in [-0.2, -0.15) is 0 Å². The lowest BCUT2D eigenvalue weighted by Gasteiger charge is -2.13. The minimum atomic E-state index is 0.251. The zero-order valence-electron chi connectivity index (χ0n) is 10.6. The van der Waals surface area contributed by atoms with Gasteiger partial charge in [-0.1, -0.05) is 17.7 Å². The van der Waals surface area contributed by atoms with Crippen molar-refractivity contribution in [3.63, 3.8) is 0 Å². The first-order valence-electron chi connectivity index (χ1n) is 5.55. The third-order valence-corrected chi connectivity index (χ3v) is 2.62. The standard InChI is InChI=1S/C13H13ClN2O3/c1-17-10-4-3-5-11(18-2)13(10)19-8-9-6-16-12(14)7-15-9/h3-7H,8H2,1-2H3. The maximum Gasteiger partial charge on any atom is 0.203 e. The number of benzene rings is 1. The Morgan fingerprint density at radius 2 is 1.74 bits per heavy atom. The van der Waals surface area contributed by atoms with Crippen molar-refractivity contribution in [2.45, 2.75) is 6.61 Å². The smallest absolute Gasteiger partial charge is 0.203 e. The van der Waals surface area contributed by atoms with Crippen molar-refractivity contribution in [3.05, 3.63) is 41.4 Å². The predicted octanol–water partition coefficient (Wildman–Crippen LogP) is 2.73. The molecule has 6 heteroatoms. The Hall–Kier alpha value is -2.01. The van der Waals surface area contributed by atoms with E-state index in [0.717, 1.165) is 0 Å². The van der Waals surface area contributed by atoms with Gasteiger partial charge in [0.25, 0.3) is 0 Å². The van der Waals surface area contributed by atoms with Crippen molar-refractivity contribution in [3.8, 4) is 17.2 Å². The molecule has 0 spiro atoms. The highest BCUT2D eigenvalue weighted by atomic mass is 35.5. The first-order valence-corrected chi connectivity index (χ1v) is 5.92. The monoisotopic (exact) mass is 280 g/mol. The van der Waals surface area contributed by atoms with Gasteiger partial charge in [-0.05, 0) is 12.1 Å². The lowest BCUT2D eigenvalue weighted by Crippen LogP contribution is -2.02. The molecule has 19 heavy (non-hydrogen) atoms. The number of hydrogen-bond acceptors (Lipinski definition) is 5. The molecule has 0 bridgehead atoms. The van der Waals surface area contributed by atoms with Gasteiger partial charge in [0.05, 0.1) is 32.3 Å². The summed E-state index contributed by atoms with van der Waals surface area (Å²) >= 11 is 5.67. The predicted molar refractivity (Wildman–Crippen MR) is 70.9 cm³/mol. The fourth-order valence-electron chi connectivity index (χ4n) is 1.52. The zero-order valence-corrected chi connectivity index (χ0v) is 11.3. The van der Waals surface area contributed by atoms with Gasteiger partial charge in [-0.15, -0.1) is 0 Å². The third-order valence-electron chi connectivity index (χ3n) is 2.42. The van der Waals surface area contributed by atoms with Crippen molar-refractivity contribution >= 4 is 11.6 Å². The van der Waals surface area contributed by atoms with E-state index in [0.29, 0.717) is 28.1 Å². The molecule has 0 amide bonds. The molecule has 0 unspecified atom stereocenters. The van der Waals surface area contributed by atoms with Gasteiger partial charge in [0, 0.05) is 0 Å². The van der Waals surface area contributed by atoms with Crippen LogP contribution in [0.2, 0.25) is 5.15 Å². The fourth-order valence-corrected chi connectivity index (χ4v) is 1.62. The van der Waals surface area contributed by atoms with Gasteiger partial charge < -0.3 is 14.2 Å². The normalized spacial score (nSPS) is 10.1. The van der Waals surface area contributed by atoms with Crippen LogP contribution in [-0.2, 0) is 6.61 Å². The Kier molecular flexibility index (Phi) is 4.41. The zero-order chi connectivity index (χ0) is 13.7. The molecule has 0 saturated heterocycles. The maximum absolute atomic E-state index is 5.68. The fraction of sp³-hybridized carbons (Fsp3) is 0.231. The number of para-hydroxylation sites is 1. The Bertz CT molecular complexity index is 524. The second-order valence-electron chi connectivity index (χ2n) is 3.61. The molecule has 1 aromatic carbocycles. The summed E-state index contributed by atoms with van der Waals surface area (Å²) in [6.07, 6.45) is 3.03. The number of hydrogen-bond donors (Lipinski definition) is 0. The minimum Gasteiger partial charge on any atom is -0.493 e. The van der Waals surface area contributed by atoms with Gasteiger partial charge in [0.2, 0.25) is 5.75 Å². The van der Waals surface area contributed by atoms with Crippen LogP contribution in [0, 0.1) is 0 Å². The molecule has 0 aliphatic rings. The molecule has 0 fully saturated rings. The summed E-state index contributed by atoms with van der Waals surface area (Å²) in [7, 11) is 3.15. The van der Waals surface area contributed by atoms with Crippen LogP contribution >= 0.6 is 11.6 Å². The lowest BCUT2D eigenvalue weighted by atomic mass is 10.3. The van der Waals surface area contributed by atoms with Crippen LogP contribution in [0.15, 0.2) is 30.6 Å². The summed E-state index contributed by atoms with van der Waals surface area (Å²) in [5, 5.41) is 0.346. The van der Waals surface area contributed by atoms with Crippen LogP contribution in [-0.4, -0.2) is 24.2 Å². The molecule has 0 saturated carbocycles. The van der Waals surface area contributed by atoms with Gasteiger partial charge in [0.1, 0.15) is 11.8 Å². The van der Waals surface area contributed by atoms with E-state index >= 15 is 0 Å². The SMILES string of the molecule is COc1cccc(OC)c1OCc1cnc(Cl)cn1. The van der Waals surface area contributed by atoms with Crippen molar-refractivity contribution in [2.24, 2.45) is 0 Å². The van der Waals surface area contributed by atoms with Crippen molar-refractivity contribution in [2.75, 3.05) is 14.2 Å². The van der Waals surface area contributed by atoms with Crippen LogP contribution in [0.25, 0.3) is 0 Å². The van der Waals surface area contributed by atoms with Gasteiger partial charge >= 0.3 is 0 Å². The van der Waals surface area contributed by atoms with Crippen molar-refractivity contribution in [1.82, 2.24) is 9.97 Å². The lowest BCUT2D eigenvalue weighted by molar-refractivity contribution is 0.262. The van der Waals surface area contributed by atoms with E-state index in [1.54, 1.807) is 32.5 Å². The number of ether oxygens (including phenoxy) is 3. The molecule has 5 nitrogen and oxygen atoms in total. The molecule has 2 aromatic rings. The van der Waals surface area contributed by atoms with Gasteiger partial charge in [-0.3, -0.25) is 4.98 Å². The minimum absolute atomic E-state index is 0.251. The largest absolute Gasteiger partial charge is 0.493 e. The average molecular weight is 281 g/mol. The second-order valence-corrected chi connectivity index (χ2v) is 4.00. The number of rotatable bonds is 5. The van der Waals surface area contributed by atoms with Crippen LogP contribution < -0.4 is 14.2 Å². The van der Waals surface area contributed by atoms with E-state index in [9.17, 15) is 0 Å². The van der Waals surface area contributed by atoms with Crippen LogP contribution in [0.5, 0.6) is 17.2 Å². The molecule has 1 aromatic heterocycles. The molecular weight excluding hydrogens is 268 g/mol.